The predicted octanol–water partition coefficient (Wildman–Crippen LogP) is 0.926. The maximum Gasteiger partial charge on any atom is 0.237 e. The lowest BCUT2D eigenvalue weighted by Crippen LogP contribution is -2.43. The van der Waals surface area contributed by atoms with Crippen LogP contribution in [0.4, 0.5) is 0 Å². The quantitative estimate of drug-likeness (QED) is 0.827. The van der Waals surface area contributed by atoms with Crippen molar-refractivity contribution in [1.82, 2.24) is 20.1 Å². The lowest BCUT2D eigenvalue weighted by Gasteiger charge is -2.16. The van der Waals surface area contributed by atoms with Crippen molar-refractivity contribution in [2.75, 3.05) is 0 Å². The number of hydrogen-bond donors (Lipinski definition) is 2. The van der Waals surface area contributed by atoms with Gasteiger partial charge in [0.25, 0.3) is 0 Å². The third-order valence-corrected chi connectivity index (χ3v) is 3.39. The molecule has 0 saturated heterocycles. The van der Waals surface area contributed by atoms with Gasteiger partial charge in [0, 0.05) is 6.54 Å². The minimum Gasteiger partial charge on any atom is -0.351 e. The van der Waals surface area contributed by atoms with Crippen molar-refractivity contribution in [3.63, 3.8) is 0 Å². The summed E-state index contributed by atoms with van der Waals surface area (Å²) in [5.74, 6) is -0.00375. The number of nitrogens with two attached hydrogens (primary N) is 1. The Morgan fingerprint density at radius 1 is 1.33 bits per heavy atom. The van der Waals surface area contributed by atoms with E-state index in [1.165, 1.54) is 6.33 Å². The Hall–Kier alpha value is -2.21. The van der Waals surface area contributed by atoms with Crippen molar-refractivity contribution in [2.24, 2.45) is 11.7 Å². The average Bonchev–Trinajstić information content (AvgIpc) is 2.98. The maximum absolute atomic E-state index is 11.9. The standard InChI is InChI=1S/C15H21N5O/c1-11(2)14(16)15(21)18-7-12-5-3-4-6-13(12)8-20-10-17-9-19-20/h3-6,9-11,14H,7-8,16H2,1-2H3,(H,18,21)/t14-/m0/s1. The molecule has 6 nitrogen and oxygen atoms in total. The van der Waals surface area contributed by atoms with Gasteiger partial charge in [0.1, 0.15) is 12.7 Å². The number of nitrogens with zero attached hydrogens (tertiary/aromatic N) is 3. The second kappa shape index (κ2) is 6.99. The van der Waals surface area contributed by atoms with Crippen LogP contribution in [0, 0.1) is 5.92 Å². The molecule has 0 aliphatic heterocycles. The molecule has 1 amide bonds. The molecule has 0 bridgehead atoms. The fourth-order valence-electron chi connectivity index (χ4n) is 1.98. The van der Waals surface area contributed by atoms with Crippen LogP contribution in [0.1, 0.15) is 25.0 Å². The second-order valence-corrected chi connectivity index (χ2v) is 5.35. The Morgan fingerprint density at radius 3 is 2.67 bits per heavy atom. The summed E-state index contributed by atoms with van der Waals surface area (Å²) < 4.78 is 1.75. The Kier molecular flexibility index (Phi) is 5.05. The Labute approximate surface area is 124 Å². The summed E-state index contributed by atoms with van der Waals surface area (Å²) in [5, 5.41) is 6.99. The van der Waals surface area contributed by atoms with Gasteiger partial charge in [-0.25, -0.2) is 9.67 Å². The van der Waals surface area contributed by atoms with Gasteiger partial charge in [0.2, 0.25) is 5.91 Å². The summed E-state index contributed by atoms with van der Waals surface area (Å²) in [5.41, 5.74) is 7.99. The molecule has 21 heavy (non-hydrogen) atoms. The van der Waals surface area contributed by atoms with Gasteiger partial charge in [-0.1, -0.05) is 38.1 Å². The molecule has 112 valence electrons. The highest BCUT2D eigenvalue weighted by Gasteiger charge is 2.16. The minimum atomic E-state index is -0.479. The van der Waals surface area contributed by atoms with Crippen molar-refractivity contribution in [3.8, 4) is 0 Å². The van der Waals surface area contributed by atoms with Crippen molar-refractivity contribution in [3.05, 3.63) is 48.0 Å². The van der Waals surface area contributed by atoms with Crippen molar-refractivity contribution >= 4 is 5.91 Å². The van der Waals surface area contributed by atoms with E-state index < -0.39 is 6.04 Å². The van der Waals surface area contributed by atoms with Crippen molar-refractivity contribution in [2.45, 2.75) is 33.0 Å². The van der Waals surface area contributed by atoms with Crippen LogP contribution in [-0.2, 0) is 17.9 Å². The summed E-state index contributed by atoms with van der Waals surface area (Å²) in [6.07, 6.45) is 3.18. The van der Waals surface area contributed by atoms with Crippen LogP contribution in [0.3, 0.4) is 0 Å². The molecule has 1 aromatic heterocycles. The highest BCUT2D eigenvalue weighted by atomic mass is 16.2. The van der Waals surface area contributed by atoms with Gasteiger partial charge in [-0.15, -0.1) is 0 Å². The van der Waals surface area contributed by atoms with Crippen LogP contribution >= 0.6 is 0 Å². The van der Waals surface area contributed by atoms with Crippen LogP contribution in [-0.4, -0.2) is 26.7 Å². The van der Waals surface area contributed by atoms with E-state index in [9.17, 15) is 4.79 Å². The number of rotatable bonds is 6. The third kappa shape index (κ3) is 4.13. The number of carbonyl (C=O) groups is 1. The van der Waals surface area contributed by atoms with Gasteiger partial charge in [-0.3, -0.25) is 4.79 Å². The Morgan fingerprint density at radius 2 is 2.05 bits per heavy atom. The molecule has 0 aliphatic carbocycles. The molecular weight excluding hydrogens is 266 g/mol. The summed E-state index contributed by atoms with van der Waals surface area (Å²) in [4.78, 5) is 15.9. The second-order valence-electron chi connectivity index (χ2n) is 5.35. The smallest absolute Gasteiger partial charge is 0.237 e. The lowest BCUT2D eigenvalue weighted by atomic mass is 10.0. The largest absolute Gasteiger partial charge is 0.351 e. The van der Waals surface area contributed by atoms with Gasteiger partial charge < -0.3 is 11.1 Å². The molecule has 1 atom stereocenters. The first-order valence-corrected chi connectivity index (χ1v) is 7.00. The number of benzene rings is 1. The van der Waals surface area contributed by atoms with Gasteiger partial charge in [0.15, 0.2) is 0 Å². The van der Waals surface area contributed by atoms with Gasteiger partial charge in [0.05, 0.1) is 12.6 Å². The molecule has 0 aliphatic rings. The summed E-state index contributed by atoms with van der Waals surface area (Å²) in [6.45, 7) is 4.96. The van der Waals surface area contributed by atoms with E-state index in [-0.39, 0.29) is 11.8 Å². The van der Waals surface area contributed by atoms with Crippen molar-refractivity contribution < 1.29 is 4.79 Å². The number of carbonyl (C=O) groups excluding carboxylic acids is 1. The van der Waals surface area contributed by atoms with Gasteiger partial charge >= 0.3 is 0 Å². The van der Waals surface area contributed by atoms with E-state index in [0.29, 0.717) is 13.1 Å². The van der Waals surface area contributed by atoms with Crippen molar-refractivity contribution in [1.29, 1.82) is 0 Å². The van der Waals surface area contributed by atoms with E-state index in [2.05, 4.69) is 15.4 Å². The number of hydrogen-bond acceptors (Lipinski definition) is 4. The zero-order chi connectivity index (χ0) is 15.2. The fourth-order valence-corrected chi connectivity index (χ4v) is 1.98. The summed E-state index contributed by atoms with van der Waals surface area (Å²) in [7, 11) is 0. The number of nitrogens with one attached hydrogen (secondary N) is 1. The molecule has 0 radical (unpaired) electrons. The first-order valence-electron chi connectivity index (χ1n) is 7.00. The van der Waals surface area contributed by atoms with Crippen LogP contribution in [0.5, 0.6) is 0 Å². The molecule has 3 N–H and O–H groups in total. The molecule has 1 aromatic carbocycles. The molecule has 6 heteroatoms. The van der Waals surface area contributed by atoms with Crippen LogP contribution in [0.25, 0.3) is 0 Å². The maximum atomic E-state index is 11.9. The van der Waals surface area contributed by atoms with Crippen LogP contribution < -0.4 is 11.1 Å². The summed E-state index contributed by atoms with van der Waals surface area (Å²) >= 11 is 0. The van der Waals surface area contributed by atoms with E-state index in [1.54, 1.807) is 11.0 Å². The van der Waals surface area contributed by atoms with E-state index >= 15 is 0 Å². The fraction of sp³-hybridized carbons (Fsp3) is 0.400. The number of amides is 1. The molecule has 0 unspecified atom stereocenters. The average molecular weight is 287 g/mol. The first-order chi connectivity index (χ1) is 10.1. The first kappa shape index (κ1) is 15.2. The molecule has 1 heterocycles. The molecule has 0 fully saturated rings. The predicted molar refractivity (Wildman–Crippen MR) is 80.2 cm³/mol. The highest BCUT2D eigenvalue weighted by Crippen LogP contribution is 2.10. The Balaban J connectivity index is 2.02. The summed E-state index contributed by atoms with van der Waals surface area (Å²) in [6, 6.07) is 7.46. The zero-order valence-corrected chi connectivity index (χ0v) is 12.4. The van der Waals surface area contributed by atoms with Crippen LogP contribution in [0.15, 0.2) is 36.9 Å². The monoisotopic (exact) mass is 287 g/mol. The lowest BCUT2D eigenvalue weighted by molar-refractivity contribution is -0.123. The van der Waals surface area contributed by atoms with Gasteiger partial charge in [-0.2, -0.15) is 5.10 Å². The third-order valence-electron chi connectivity index (χ3n) is 3.39. The minimum absolute atomic E-state index is 0.121. The molecule has 0 spiro atoms. The highest BCUT2D eigenvalue weighted by molar-refractivity contribution is 5.81. The normalized spacial score (nSPS) is 12.4. The molecular formula is C15H21N5O. The van der Waals surface area contributed by atoms with Gasteiger partial charge in [-0.05, 0) is 17.0 Å². The topological polar surface area (TPSA) is 85.8 Å². The zero-order valence-electron chi connectivity index (χ0n) is 12.4. The van der Waals surface area contributed by atoms with E-state index in [4.69, 9.17) is 5.73 Å². The Bertz CT molecular complexity index is 580. The van der Waals surface area contributed by atoms with E-state index in [0.717, 1.165) is 11.1 Å². The SMILES string of the molecule is CC(C)[C@H](N)C(=O)NCc1ccccc1Cn1cncn1. The van der Waals surface area contributed by atoms with Crippen LogP contribution in [0.2, 0.25) is 0 Å². The molecule has 2 rings (SSSR count). The van der Waals surface area contributed by atoms with E-state index in [1.807, 2.05) is 38.1 Å². The number of aromatic nitrogens is 3. The molecule has 2 aromatic rings. The molecule has 0 saturated carbocycles.